The second kappa shape index (κ2) is 6.14. The number of hydrogen-bond donors (Lipinski definition) is 2. The van der Waals surface area contributed by atoms with E-state index in [4.69, 9.17) is 4.74 Å². The summed E-state index contributed by atoms with van der Waals surface area (Å²) < 4.78 is 5.12. The van der Waals surface area contributed by atoms with E-state index in [1.165, 1.54) is 0 Å². The summed E-state index contributed by atoms with van der Waals surface area (Å²) in [5.74, 6) is -1.80. The third-order valence-corrected chi connectivity index (χ3v) is 3.86. The predicted octanol–water partition coefficient (Wildman–Crippen LogP) is 0.352. The molecule has 0 aromatic carbocycles. The number of Topliss-reactive ketones (excluding diaryl/α,β-unsaturated/α-hetero) is 1. The minimum Gasteiger partial charge on any atom is -0.480 e. The number of hydrogen-bond acceptors (Lipinski definition) is 4. The molecule has 1 saturated carbocycles. The van der Waals surface area contributed by atoms with Crippen molar-refractivity contribution in [3.63, 3.8) is 0 Å². The zero-order chi connectivity index (χ0) is 13.8. The van der Waals surface area contributed by atoms with Gasteiger partial charge >= 0.3 is 5.97 Å². The minimum absolute atomic E-state index is 0.0842. The maximum atomic E-state index is 11.9. The van der Waals surface area contributed by atoms with E-state index in [1.54, 1.807) is 0 Å². The van der Waals surface area contributed by atoms with Crippen LogP contribution in [-0.4, -0.2) is 42.0 Å². The van der Waals surface area contributed by atoms with Gasteiger partial charge in [-0.3, -0.25) is 9.59 Å². The van der Waals surface area contributed by atoms with Gasteiger partial charge in [0.25, 0.3) is 0 Å². The Kier molecular flexibility index (Phi) is 4.52. The molecule has 6 nitrogen and oxygen atoms in total. The molecule has 0 spiro atoms. The van der Waals surface area contributed by atoms with Crippen LogP contribution in [0.15, 0.2) is 0 Å². The Morgan fingerprint density at radius 3 is 2.74 bits per heavy atom. The Morgan fingerprint density at radius 2 is 2.16 bits per heavy atom. The highest BCUT2D eigenvalue weighted by molar-refractivity contribution is 5.86. The van der Waals surface area contributed by atoms with Crippen molar-refractivity contribution in [1.82, 2.24) is 5.32 Å². The lowest BCUT2D eigenvalue weighted by Gasteiger charge is -2.28. The van der Waals surface area contributed by atoms with Crippen molar-refractivity contribution in [1.29, 1.82) is 0 Å². The first kappa shape index (κ1) is 14.0. The molecular weight excluding hydrogens is 250 g/mol. The number of nitrogens with one attached hydrogen (secondary N) is 1. The van der Waals surface area contributed by atoms with E-state index in [2.05, 4.69) is 5.32 Å². The first-order valence-corrected chi connectivity index (χ1v) is 6.70. The van der Waals surface area contributed by atoms with E-state index in [0.717, 1.165) is 0 Å². The van der Waals surface area contributed by atoms with Gasteiger partial charge in [-0.25, -0.2) is 4.79 Å². The van der Waals surface area contributed by atoms with Crippen LogP contribution in [0.2, 0.25) is 0 Å². The number of carboxylic acid groups (broad SMARTS) is 1. The average molecular weight is 269 g/mol. The molecule has 106 valence electrons. The van der Waals surface area contributed by atoms with Crippen molar-refractivity contribution < 1.29 is 24.2 Å². The summed E-state index contributed by atoms with van der Waals surface area (Å²) in [4.78, 5) is 34.7. The molecule has 1 aliphatic heterocycles. The fourth-order valence-corrected chi connectivity index (χ4v) is 2.74. The number of amides is 1. The van der Waals surface area contributed by atoms with Gasteiger partial charge in [0.2, 0.25) is 5.91 Å². The molecule has 0 radical (unpaired) electrons. The fraction of sp³-hybridized carbons (Fsp3) is 0.769. The van der Waals surface area contributed by atoms with Crippen LogP contribution >= 0.6 is 0 Å². The van der Waals surface area contributed by atoms with Crippen molar-refractivity contribution in [3.8, 4) is 0 Å². The van der Waals surface area contributed by atoms with Crippen molar-refractivity contribution in [2.24, 2.45) is 11.8 Å². The predicted molar refractivity (Wildman–Crippen MR) is 65.5 cm³/mol. The number of carbonyl (C=O) groups excluding carboxylic acids is 2. The molecule has 2 rings (SSSR count). The molecule has 0 aromatic rings. The first-order chi connectivity index (χ1) is 9.08. The summed E-state index contributed by atoms with van der Waals surface area (Å²) in [5.41, 5.74) is 0. The molecule has 19 heavy (non-hydrogen) atoms. The van der Waals surface area contributed by atoms with Gasteiger partial charge in [0.15, 0.2) is 0 Å². The van der Waals surface area contributed by atoms with Crippen molar-refractivity contribution >= 4 is 17.7 Å². The second-order valence-electron chi connectivity index (χ2n) is 5.28. The van der Waals surface area contributed by atoms with Gasteiger partial charge in [-0.1, -0.05) is 0 Å². The molecule has 1 aliphatic carbocycles. The van der Waals surface area contributed by atoms with Crippen LogP contribution in [0.25, 0.3) is 0 Å². The van der Waals surface area contributed by atoms with Crippen LogP contribution in [0.5, 0.6) is 0 Å². The minimum atomic E-state index is -1.06. The van der Waals surface area contributed by atoms with Crippen molar-refractivity contribution in [2.45, 2.75) is 38.1 Å². The third kappa shape index (κ3) is 3.53. The fourth-order valence-electron chi connectivity index (χ4n) is 2.74. The van der Waals surface area contributed by atoms with Crippen LogP contribution in [0, 0.1) is 11.8 Å². The standard InChI is InChI=1S/C13H19NO5/c15-10-3-1-2-8(6-10)11(13(17)18)14-12(16)9-4-5-19-7-9/h8-9,11H,1-7H2,(H,14,16)(H,17,18)/t8-,9+,11-/m0/s1. The van der Waals surface area contributed by atoms with Gasteiger partial charge in [0, 0.05) is 19.4 Å². The Hall–Kier alpha value is -1.43. The normalized spacial score (nSPS) is 28.9. The van der Waals surface area contributed by atoms with Crippen molar-refractivity contribution in [2.75, 3.05) is 13.2 Å². The monoisotopic (exact) mass is 269 g/mol. The number of rotatable bonds is 4. The molecule has 2 aliphatic rings. The van der Waals surface area contributed by atoms with Gasteiger partial charge in [-0.05, 0) is 25.2 Å². The molecule has 3 atom stereocenters. The SMILES string of the molecule is O=C1CCC[C@H]([C@H](NC(=O)[C@@H]2CCOC2)C(=O)O)C1. The van der Waals surface area contributed by atoms with Gasteiger partial charge in [0.05, 0.1) is 12.5 Å². The van der Waals surface area contributed by atoms with Crippen LogP contribution in [0.3, 0.4) is 0 Å². The molecule has 1 saturated heterocycles. The second-order valence-corrected chi connectivity index (χ2v) is 5.28. The van der Waals surface area contributed by atoms with Gasteiger partial charge < -0.3 is 15.2 Å². The quantitative estimate of drug-likeness (QED) is 0.768. The summed E-state index contributed by atoms with van der Waals surface area (Å²) in [6, 6.07) is -0.961. The van der Waals surface area contributed by atoms with E-state index in [9.17, 15) is 19.5 Å². The molecule has 0 aromatic heterocycles. The summed E-state index contributed by atoms with van der Waals surface area (Å²) in [7, 11) is 0. The lowest BCUT2D eigenvalue weighted by Crippen LogP contribution is -2.49. The molecule has 2 fully saturated rings. The maximum absolute atomic E-state index is 11.9. The van der Waals surface area contributed by atoms with Crippen LogP contribution in [0.1, 0.15) is 32.1 Å². The van der Waals surface area contributed by atoms with E-state index < -0.39 is 12.0 Å². The molecule has 0 bridgehead atoms. The Balaban J connectivity index is 1.97. The van der Waals surface area contributed by atoms with Crippen molar-refractivity contribution in [3.05, 3.63) is 0 Å². The van der Waals surface area contributed by atoms with E-state index in [-0.39, 0.29) is 29.9 Å². The van der Waals surface area contributed by atoms with Gasteiger partial charge in [0.1, 0.15) is 11.8 Å². The summed E-state index contributed by atoms with van der Waals surface area (Å²) in [6.07, 6.45) is 2.77. The summed E-state index contributed by atoms with van der Waals surface area (Å²) >= 11 is 0. The number of ketones is 1. The van der Waals surface area contributed by atoms with Crippen LogP contribution in [-0.2, 0) is 19.1 Å². The lowest BCUT2D eigenvalue weighted by atomic mass is 9.83. The zero-order valence-corrected chi connectivity index (χ0v) is 10.8. The summed E-state index contributed by atoms with van der Waals surface area (Å²) in [5, 5.41) is 11.8. The molecule has 0 unspecified atom stereocenters. The average Bonchev–Trinajstić information content (AvgIpc) is 2.89. The highest BCUT2D eigenvalue weighted by atomic mass is 16.5. The van der Waals surface area contributed by atoms with Crippen LogP contribution in [0.4, 0.5) is 0 Å². The van der Waals surface area contributed by atoms with Gasteiger partial charge in [-0.15, -0.1) is 0 Å². The Morgan fingerprint density at radius 1 is 1.37 bits per heavy atom. The number of ether oxygens (including phenoxy) is 1. The molecule has 1 amide bonds. The zero-order valence-electron chi connectivity index (χ0n) is 10.8. The topological polar surface area (TPSA) is 92.7 Å². The molecule has 2 N–H and O–H groups in total. The first-order valence-electron chi connectivity index (χ1n) is 6.70. The summed E-state index contributed by atoms with van der Waals surface area (Å²) in [6.45, 7) is 0.888. The smallest absolute Gasteiger partial charge is 0.326 e. The highest BCUT2D eigenvalue weighted by Crippen LogP contribution is 2.25. The largest absolute Gasteiger partial charge is 0.480 e. The Labute approximate surface area is 111 Å². The highest BCUT2D eigenvalue weighted by Gasteiger charge is 2.35. The van der Waals surface area contributed by atoms with E-state index in [1.807, 2.05) is 0 Å². The molecule has 6 heteroatoms. The maximum Gasteiger partial charge on any atom is 0.326 e. The van der Waals surface area contributed by atoms with E-state index in [0.29, 0.717) is 38.9 Å². The van der Waals surface area contributed by atoms with Gasteiger partial charge in [-0.2, -0.15) is 0 Å². The number of carboxylic acids is 1. The molecular formula is C13H19NO5. The van der Waals surface area contributed by atoms with Crippen LogP contribution < -0.4 is 5.32 Å². The number of carbonyl (C=O) groups is 3. The number of aliphatic carboxylic acids is 1. The van der Waals surface area contributed by atoms with E-state index >= 15 is 0 Å². The Bertz CT molecular complexity index is 375. The third-order valence-electron chi connectivity index (χ3n) is 3.86. The lowest BCUT2D eigenvalue weighted by molar-refractivity contribution is -0.145. The molecule has 1 heterocycles.